The van der Waals surface area contributed by atoms with Crippen molar-refractivity contribution in [2.45, 2.75) is 33.2 Å². The van der Waals surface area contributed by atoms with Crippen LogP contribution >= 0.6 is 15.9 Å². The van der Waals surface area contributed by atoms with Gasteiger partial charge < -0.3 is 10.7 Å². The van der Waals surface area contributed by atoms with Gasteiger partial charge in [0.1, 0.15) is 5.83 Å². The van der Waals surface area contributed by atoms with Crippen LogP contribution in [0.15, 0.2) is 34.2 Å². The van der Waals surface area contributed by atoms with Crippen molar-refractivity contribution in [1.29, 1.82) is 5.41 Å². The van der Waals surface area contributed by atoms with E-state index in [1.807, 2.05) is 13.0 Å². The Morgan fingerprint density at radius 2 is 2.11 bits per heavy atom. The molecule has 0 aliphatic heterocycles. The van der Waals surface area contributed by atoms with E-state index in [4.69, 9.17) is 5.41 Å². The molecule has 1 rings (SSSR count). The maximum absolute atomic E-state index is 13.2. The predicted molar refractivity (Wildman–Crippen MR) is 78.6 cm³/mol. The number of halogens is 2. The van der Waals surface area contributed by atoms with Gasteiger partial charge >= 0.3 is 0 Å². The first kappa shape index (κ1) is 15.2. The molecule has 2 N–H and O–H groups in total. The lowest BCUT2D eigenvalue weighted by Crippen LogP contribution is -2.39. The van der Waals surface area contributed by atoms with Gasteiger partial charge in [0.25, 0.3) is 0 Å². The SMILES string of the molecule is CC1C=C(F)C=CC1/C(NC(C)(C)C)=C(\Br)C=N. The van der Waals surface area contributed by atoms with Crippen molar-refractivity contribution >= 4 is 22.1 Å². The number of nitrogens with one attached hydrogen (secondary N) is 2. The summed E-state index contributed by atoms with van der Waals surface area (Å²) in [6, 6.07) is 0. The Hall–Kier alpha value is -0.900. The fourth-order valence-electron chi connectivity index (χ4n) is 1.92. The predicted octanol–water partition coefficient (Wildman–Crippen LogP) is 4.31. The van der Waals surface area contributed by atoms with Crippen molar-refractivity contribution < 1.29 is 4.39 Å². The molecule has 18 heavy (non-hydrogen) atoms. The number of hydrogen-bond donors (Lipinski definition) is 2. The van der Waals surface area contributed by atoms with Crippen LogP contribution in [-0.2, 0) is 0 Å². The topological polar surface area (TPSA) is 35.9 Å². The Bertz CT molecular complexity index is 416. The van der Waals surface area contributed by atoms with Crippen molar-refractivity contribution in [1.82, 2.24) is 5.32 Å². The van der Waals surface area contributed by atoms with Crippen LogP contribution in [0.25, 0.3) is 0 Å². The van der Waals surface area contributed by atoms with Crippen LogP contribution in [0.4, 0.5) is 4.39 Å². The molecule has 0 spiro atoms. The van der Waals surface area contributed by atoms with Crippen LogP contribution in [0.3, 0.4) is 0 Å². The highest BCUT2D eigenvalue weighted by molar-refractivity contribution is 9.12. The Morgan fingerprint density at radius 1 is 1.50 bits per heavy atom. The van der Waals surface area contributed by atoms with Crippen molar-refractivity contribution in [3.05, 3.63) is 34.2 Å². The zero-order chi connectivity index (χ0) is 13.9. The minimum atomic E-state index is -0.195. The van der Waals surface area contributed by atoms with Crippen LogP contribution in [0, 0.1) is 17.2 Å². The summed E-state index contributed by atoms with van der Waals surface area (Å²) in [5, 5.41) is 10.8. The maximum Gasteiger partial charge on any atom is 0.119 e. The second-order valence-electron chi connectivity index (χ2n) is 5.58. The standard InChI is InChI=1S/C14H20BrFN2/c1-9-7-10(16)5-6-11(9)13(12(15)8-17)18-14(2,3)4/h5-9,11,17-18H,1-4H3/b13-12+,17-8?. The number of hydrogen-bond acceptors (Lipinski definition) is 2. The Kier molecular flexibility index (Phi) is 4.91. The summed E-state index contributed by atoms with van der Waals surface area (Å²) in [4.78, 5) is 0. The second kappa shape index (κ2) is 5.83. The molecule has 0 aromatic rings. The second-order valence-corrected chi connectivity index (χ2v) is 6.43. The van der Waals surface area contributed by atoms with Gasteiger partial charge in [-0.3, -0.25) is 0 Å². The molecule has 1 aliphatic rings. The lowest BCUT2D eigenvalue weighted by Gasteiger charge is -2.32. The van der Waals surface area contributed by atoms with Gasteiger partial charge in [-0.15, -0.1) is 0 Å². The fourth-order valence-corrected chi connectivity index (χ4v) is 2.29. The van der Waals surface area contributed by atoms with E-state index in [0.29, 0.717) is 4.48 Å². The highest BCUT2D eigenvalue weighted by Gasteiger charge is 2.25. The summed E-state index contributed by atoms with van der Waals surface area (Å²) in [5.41, 5.74) is 0.815. The van der Waals surface area contributed by atoms with Crippen LogP contribution in [0.2, 0.25) is 0 Å². The van der Waals surface area contributed by atoms with Crippen molar-refractivity contribution in [3.8, 4) is 0 Å². The van der Waals surface area contributed by atoms with Gasteiger partial charge in [0.05, 0.1) is 4.48 Å². The molecule has 0 heterocycles. The Labute approximate surface area is 117 Å². The van der Waals surface area contributed by atoms with Gasteiger partial charge in [-0.2, -0.15) is 0 Å². The van der Waals surface area contributed by atoms with E-state index in [1.54, 1.807) is 6.08 Å². The van der Waals surface area contributed by atoms with Crippen molar-refractivity contribution in [2.75, 3.05) is 0 Å². The van der Waals surface area contributed by atoms with E-state index in [0.717, 1.165) is 5.70 Å². The van der Waals surface area contributed by atoms with Crippen molar-refractivity contribution in [3.63, 3.8) is 0 Å². The first-order chi connectivity index (χ1) is 8.24. The van der Waals surface area contributed by atoms with Crippen LogP contribution < -0.4 is 5.32 Å². The quantitative estimate of drug-likeness (QED) is 0.748. The van der Waals surface area contributed by atoms with Gasteiger partial charge in [-0.1, -0.05) is 13.0 Å². The molecule has 0 aromatic heterocycles. The molecule has 2 atom stereocenters. The molecule has 4 heteroatoms. The van der Waals surface area contributed by atoms with Gasteiger partial charge in [0.2, 0.25) is 0 Å². The molecule has 100 valence electrons. The molecule has 0 fully saturated rings. The molecule has 1 aliphatic carbocycles. The summed E-state index contributed by atoms with van der Waals surface area (Å²) in [6.07, 6.45) is 6.21. The highest BCUT2D eigenvalue weighted by Crippen LogP contribution is 2.31. The van der Waals surface area contributed by atoms with Crippen LogP contribution in [0.1, 0.15) is 27.7 Å². The fraction of sp³-hybridized carbons (Fsp3) is 0.500. The minimum Gasteiger partial charge on any atom is -0.382 e. The third-order valence-corrected chi connectivity index (χ3v) is 3.33. The summed E-state index contributed by atoms with van der Waals surface area (Å²) in [6.45, 7) is 8.16. The maximum atomic E-state index is 13.2. The monoisotopic (exact) mass is 314 g/mol. The first-order valence-corrected chi connectivity index (χ1v) is 6.78. The van der Waals surface area contributed by atoms with Gasteiger partial charge in [0.15, 0.2) is 0 Å². The normalized spacial score (nSPS) is 25.3. The molecular weight excluding hydrogens is 295 g/mol. The molecule has 0 aromatic carbocycles. The first-order valence-electron chi connectivity index (χ1n) is 5.98. The van der Waals surface area contributed by atoms with Crippen LogP contribution in [-0.4, -0.2) is 11.8 Å². The smallest absolute Gasteiger partial charge is 0.119 e. The Morgan fingerprint density at radius 3 is 2.56 bits per heavy atom. The van der Waals surface area contributed by atoms with Gasteiger partial charge in [-0.05, 0) is 54.8 Å². The van der Waals surface area contributed by atoms with Crippen LogP contribution in [0.5, 0.6) is 0 Å². The summed E-state index contributed by atoms with van der Waals surface area (Å²) in [7, 11) is 0. The molecule has 0 saturated carbocycles. The zero-order valence-corrected chi connectivity index (χ0v) is 12.8. The molecule has 2 nitrogen and oxygen atoms in total. The molecule has 0 bridgehead atoms. The summed E-state index contributed by atoms with van der Waals surface area (Å²) < 4.78 is 13.9. The highest BCUT2D eigenvalue weighted by atomic mass is 79.9. The van der Waals surface area contributed by atoms with Gasteiger partial charge in [-0.25, -0.2) is 4.39 Å². The molecular formula is C14H20BrFN2. The molecule has 0 saturated heterocycles. The van der Waals surface area contributed by atoms with E-state index >= 15 is 0 Å². The molecule has 2 unspecified atom stereocenters. The Balaban J connectivity index is 3.07. The molecule has 0 amide bonds. The van der Waals surface area contributed by atoms with E-state index in [9.17, 15) is 4.39 Å². The average molecular weight is 315 g/mol. The van der Waals surface area contributed by atoms with E-state index in [-0.39, 0.29) is 23.2 Å². The minimum absolute atomic E-state index is 0.0553. The zero-order valence-electron chi connectivity index (χ0n) is 11.2. The summed E-state index contributed by atoms with van der Waals surface area (Å²) in [5.74, 6) is -0.0770. The average Bonchev–Trinajstić information content (AvgIpc) is 2.24. The number of allylic oxidation sites excluding steroid dienone is 5. The van der Waals surface area contributed by atoms with E-state index < -0.39 is 0 Å². The third-order valence-electron chi connectivity index (χ3n) is 2.68. The number of rotatable bonds is 3. The van der Waals surface area contributed by atoms with Gasteiger partial charge in [0, 0.05) is 23.4 Å². The van der Waals surface area contributed by atoms with E-state index in [1.165, 1.54) is 12.3 Å². The lowest BCUT2D eigenvalue weighted by molar-refractivity contribution is 0.420. The lowest BCUT2D eigenvalue weighted by atomic mass is 9.86. The van der Waals surface area contributed by atoms with E-state index in [2.05, 4.69) is 42.0 Å². The largest absolute Gasteiger partial charge is 0.382 e. The molecule has 0 radical (unpaired) electrons. The third kappa shape index (κ3) is 4.09. The van der Waals surface area contributed by atoms with Crippen molar-refractivity contribution in [2.24, 2.45) is 11.8 Å². The summed E-state index contributed by atoms with van der Waals surface area (Å²) >= 11 is 3.40.